The summed E-state index contributed by atoms with van der Waals surface area (Å²) >= 11 is 2.51. The van der Waals surface area contributed by atoms with Crippen molar-refractivity contribution in [2.45, 2.75) is 30.7 Å². The highest BCUT2D eigenvalue weighted by Gasteiger charge is 2.48. The van der Waals surface area contributed by atoms with E-state index in [0.717, 1.165) is 23.8 Å². The molecular weight excluding hydrogens is 522 g/mol. The lowest BCUT2D eigenvalue weighted by Crippen LogP contribution is -2.38. The first kappa shape index (κ1) is 25.4. The second kappa shape index (κ2) is 10.2. The minimum atomic E-state index is -1.02. The Bertz CT molecular complexity index is 1440. The van der Waals surface area contributed by atoms with Crippen LogP contribution in [0.3, 0.4) is 0 Å². The summed E-state index contributed by atoms with van der Waals surface area (Å²) in [5, 5.41) is 16.1. The molecule has 0 saturated carbocycles. The van der Waals surface area contributed by atoms with E-state index in [0.29, 0.717) is 28.5 Å². The third-order valence-corrected chi connectivity index (χ3v) is 8.30. The molecule has 1 aromatic heterocycles. The molecular formula is C26H21F4N5S2. The van der Waals surface area contributed by atoms with Crippen LogP contribution in [-0.4, -0.2) is 15.2 Å². The highest BCUT2D eigenvalue weighted by molar-refractivity contribution is 8.15. The molecule has 1 aliphatic rings. The van der Waals surface area contributed by atoms with Gasteiger partial charge < -0.3 is 5.73 Å². The fourth-order valence-corrected chi connectivity index (χ4v) is 6.32. The largest absolute Gasteiger partial charge is 0.324 e. The van der Waals surface area contributed by atoms with Gasteiger partial charge in [0.05, 0.1) is 0 Å². The maximum absolute atomic E-state index is 14.8. The molecule has 37 heavy (non-hydrogen) atoms. The Hall–Kier alpha value is -3.28. The second-order valence-corrected chi connectivity index (χ2v) is 11.0. The highest BCUT2D eigenvalue weighted by Crippen LogP contribution is 2.53. The molecule has 0 bridgehead atoms. The van der Waals surface area contributed by atoms with Crippen LogP contribution in [0.4, 0.5) is 22.7 Å². The van der Waals surface area contributed by atoms with E-state index in [-0.39, 0.29) is 16.4 Å². The predicted octanol–water partition coefficient (Wildman–Crippen LogP) is 6.65. The lowest BCUT2D eigenvalue weighted by molar-refractivity contribution is 0.484. The van der Waals surface area contributed by atoms with Gasteiger partial charge in [0.15, 0.2) is 0 Å². The second-order valence-electron chi connectivity index (χ2n) is 8.53. The van der Waals surface area contributed by atoms with Gasteiger partial charge in [0.2, 0.25) is 5.13 Å². The summed E-state index contributed by atoms with van der Waals surface area (Å²) in [6.07, 6.45) is 0.781. The van der Waals surface area contributed by atoms with E-state index in [1.807, 2.05) is 0 Å². The molecule has 0 aliphatic carbocycles. The molecule has 2 unspecified atom stereocenters. The van der Waals surface area contributed by atoms with Crippen LogP contribution in [0.5, 0.6) is 0 Å². The molecule has 2 heterocycles. The Morgan fingerprint density at radius 3 is 2.19 bits per heavy atom. The minimum absolute atomic E-state index is 0.00283. The number of halogens is 4. The quantitative estimate of drug-likeness (QED) is 0.264. The van der Waals surface area contributed by atoms with E-state index < -0.39 is 28.4 Å². The van der Waals surface area contributed by atoms with E-state index in [4.69, 9.17) is 5.73 Å². The van der Waals surface area contributed by atoms with Crippen molar-refractivity contribution in [3.63, 3.8) is 0 Å². The van der Waals surface area contributed by atoms with Crippen LogP contribution in [0.25, 0.3) is 0 Å². The van der Waals surface area contributed by atoms with E-state index in [1.165, 1.54) is 47.4 Å². The van der Waals surface area contributed by atoms with Gasteiger partial charge in [-0.3, -0.25) is 0 Å². The summed E-state index contributed by atoms with van der Waals surface area (Å²) in [5.74, 6) is -2.01. The van der Waals surface area contributed by atoms with Gasteiger partial charge >= 0.3 is 0 Å². The summed E-state index contributed by atoms with van der Waals surface area (Å²) in [5.41, 5.74) is 7.90. The summed E-state index contributed by atoms with van der Waals surface area (Å²) in [6.45, 7) is 1.80. The number of thioether (sulfide) groups is 1. The Morgan fingerprint density at radius 2 is 1.54 bits per heavy atom. The molecule has 0 spiro atoms. The molecule has 5 rings (SSSR count). The average molecular weight is 544 g/mol. The molecule has 11 heteroatoms. The SMILES string of the molecule is Cc1nnc(N2N=C(c3cc(F)ccc3F)SC2(CCC(N)c2ccc(F)cc2)c2ccc(F)cc2)s1. The molecule has 4 aromatic rings. The van der Waals surface area contributed by atoms with Crippen molar-refractivity contribution in [2.24, 2.45) is 10.8 Å². The van der Waals surface area contributed by atoms with E-state index in [1.54, 1.807) is 36.2 Å². The van der Waals surface area contributed by atoms with Gasteiger partial charge in [0.1, 0.15) is 38.2 Å². The van der Waals surface area contributed by atoms with Crippen LogP contribution in [0, 0.1) is 30.2 Å². The van der Waals surface area contributed by atoms with Crippen molar-refractivity contribution < 1.29 is 17.6 Å². The Kier molecular flexibility index (Phi) is 7.02. The lowest BCUT2D eigenvalue weighted by Gasteiger charge is -2.36. The molecule has 0 amide bonds. The summed E-state index contributed by atoms with van der Waals surface area (Å²) in [7, 11) is 0. The van der Waals surface area contributed by atoms with Crippen molar-refractivity contribution in [3.05, 3.63) is 112 Å². The average Bonchev–Trinajstić information content (AvgIpc) is 3.49. The number of aromatic nitrogens is 2. The van der Waals surface area contributed by atoms with Crippen molar-refractivity contribution in [2.75, 3.05) is 5.01 Å². The van der Waals surface area contributed by atoms with Crippen LogP contribution in [0.1, 0.15) is 40.6 Å². The molecule has 1 aliphatic heterocycles. The van der Waals surface area contributed by atoms with Crippen LogP contribution in [-0.2, 0) is 4.87 Å². The molecule has 3 aromatic carbocycles. The van der Waals surface area contributed by atoms with Crippen molar-refractivity contribution in [1.82, 2.24) is 10.2 Å². The van der Waals surface area contributed by atoms with E-state index in [9.17, 15) is 17.6 Å². The monoisotopic (exact) mass is 543 g/mol. The molecule has 2 N–H and O–H groups in total. The van der Waals surface area contributed by atoms with Crippen molar-refractivity contribution in [1.29, 1.82) is 0 Å². The van der Waals surface area contributed by atoms with E-state index in [2.05, 4.69) is 15.3 Å². The van der Waals surface area contributed by atoms with Gasteiger partial charge in [-0.1, -0.05) is 47.4 Å². The first-order valence-corrected chi connectivity index (χ1v) is 13.0. The van der Waals surface area contributed by atoms with Crippen molar-refractivity contribution >= 4 is 33.3 Å². The molecule has 0 saturated heterocycles. The predicted molar refractivity (Wildman–Crippen MR) is 138 cm³/mol. The Balaban J connectivity index is 1.60. The van der Waals surface area contributed by atoms with Crippen LogP contribution in [0.2, 0.25) is 0 Å². The number of aryl methyl sites for hydroxylation is 1. The number of hydrogen-bond donors (Lipinski definition) is 1. The zero-order chi connectivity index (χ0) is 26.2. The van der Waals surface area contributed by atoms with Gasteiger partial charge in [-0.2, -0.15) is 5.10 Å². The van der Waals surface area contributed by atoms with Gasteiger partial charge in [-0.05, 0) is 73.4 Å². The van der Waals surface area contributed by atoms with Crippen molar-refractivity contribution in [3.8, 4) is 0 Å². The maximum Gasteiger partial charge on any atom is 0.230 e. The third kappa shape index (κ3) is 5.11. The van der Waals surface area contributed by atoms with Gasteiger partial charge in [-0.25, -0.2) is 22.6 Å². The number of benzene rings is 3. The third-order valence-electron chi connectivity index (χ3n) is 6.04. The zero-order valence-electron chi connectivity index (χ0n) is 19.5. The van der Waals surface area contributed by atoms with Gasteiger partial charge in [0, 0.05) is 11.6 Å². The Morgan fingerprint density at radius 1 is 0.892 bits per heavy atom. The number of nitrogens with two attached hydrogens (primary N) is 1. The fraction of sp³-hybridized carbons (Fsp3) is 0.192. The van der Waals surface area contributed by atoms with Crippen LogP contribution in [0.15, 0.2) is 71.8 Å². The van der Waals surface area contributed by atoms with Crippen LogP contribution < -0.4 is 10.7 Å². The molecule has 5 nitrogen and oxygen atoms in total. The van der Waals surface area contributed by atoms with Gasteiger partial charge in [-0.15, -0.1) is 10.2 Å². The number of rotatable bonds is 7. The molecule has 190 valence electrons. The molecule has 0 radical (unpaired) electrons. The van der Waals surface area contributed by atoms with Gasteiger partial charge in [0.25, 0.3) is 0 Å². The molecule has 0 fully saturated rings. The number of nitrogens with zero attached hydrogens (tertiary/aromatic N) is 4. The topological polar surface area (TPSA) is 67.4 Å². The number of hydrogen-bond acceptors (Lipinski definition) is 7. The highest BCUT2D eigenvalue weighted by atomic mass is 32.2. The Labute approximate surface area is 219 Å². The fourth-order valence-electron chi connectivity index (χ4n) is 4.15. The summed E-state index contributed by atoms with van der Waals surface area (Å²) in [6, 6.07) is 14.6. The maximum atomic E-state index is 14.8. The van der Waals surface area contributed by atoms with E-state index >= 15 is 0 Å². The summed E-state index contributed by atoms with van der Waals surface area (Å²) < 4.78 is 56.3. The normalized spacial score (nSPS) is 18.2. The smallest absolute Gasteiger partial charge is 0.230 e. The first-order chi connectivity index (χ1) is 17.7. The lowest BCUT2D eigenvalue weighted by atomic mass is 9.95. The summed E-state index contributed by atoms with van der Waals surface area (Å²) in [4.78, 5) is -1.02. The molecule has 2 atom stereocenters. The minimum Gasteiger partial charge on any atom is -0.324 e. The van der Waals surface area contributed by atoms with Crippen LogP contribution >= 0.6 is 23.1 Å². The number of anilines is 1. The standard InChI is InChI=1S/C26H21F4N5S2/c1-15-32-33-25(36-15)35-26(17-4-8-19(28)9-5-17,13-12-23(31)16-2-6-18(27)7-3-16)37-24(34-35)21-14-20(29)10-11-22(21)30/h2-11,14,23H,12-13,31H2,1H3. The number of hydrazone groups is 1. The first-order valence-electron chi connectivity index (χ1n) is 11.4. The zero-order valence-corrected chi connectivity index (χ0v) is 21.2.